The summed E-state index contributed by atoms with van der Waals surface area (Å²) in [6, 6.07) is 26.1. The quantitative estimate of drug-likeness (QED) is 0.0504. The SMILES string of the molecule is CCCCCCCCCCCCN1C(=O)C2=C(c3ccc(-c4ccc(C#N)cc4)s3)N(CCCCCCCCCCCC)C(=O)C2=C1c1ccc(-c2ccc(N)cc2)s1. The number of anilines is 1. The minimum atomic E-state index is -0.0596. The topological polar surface area (TPSA) is 90.4 Å². The number of carbonyl (C=O) groups excluding carboxylic acids is 2. The van der Waals surface area contributed by atoms with E-state index in [9.17, 15) is 14.9 Å². The van der Waals surface area contributed by atoms with Gasteiger partial charge < -0.3 is 15.5 Å². The second-order valence-corrected chi connectivity index (χ2v) is 18.5. The molecule has 0 saturated carbocycles. The minimum absolute atomic E-state index is 0.0596. The van der Waals surface area contributed by atoms with Crippen LogP contribution in [0.5, 0.6) is 0 Å². The number of carbonyl (C=O) groups is 2. The van der Waals surface area contributed by atoms with Crippen LogP contribution < -0.4 is 5.73 Å². The first kappa shape index (κ1) is 44.1. The third-order valence-electron chi connectivity index (χ3n) is 11.8. The van der Waals surface area contributed by atoms with E-state index in [1.807, 2.05) is 58.3 Å². The molecule has 59 heavy (non-hydrogen) atoms. The lowest BCUT2D eigenvalue weighted by Crippen LogP contribution is -2.30. The van der Waals surface area contributed by atoms with Crippen molar-refractivity contribution in [1.82, 2.24) is 9.80 Å². The van der Waals surface area contributed by atoms with Crippen LogP contribution in [0.2, 0.25) is 0 Å². The number of hydrogen-bond acceptors (Lipinski definition) is 6. The molecule has 0 unspecified atom stereocenters. The van der Waals surface area contributed by atoms with Crippen LogP contribution in [0.25, 0.3) is 32.3 Å². The summed E-state index contributed by atoms with van der Waals surface area (Å²) in [7, 11) is 0. The van der Waals surface area contributed by atoms with Crippen LogP contribution in [0.4, 0.5) is 5.69 Å². The molecule has 6 rings (SSSR count). The summed E-state index contributed by atoms with van der Waals surface area (Å²) >= 11 is 3.25. The second-order valence-electron chi connectivity index (χ2n) is 16.4. The Bertz CT molecular complexity index is 2080. The van der Waals surface area contributed by atoms with E-state index in [4.69, 9.17) is 5.73 Å². The standard InChI is InChI=1S/C51H64N4O2S2/c1-3-5-7-9-11-13-15-17-19-21-35-54-48(44-33-31-42(58-44)39-25-23-38(37-52)24-26-39)46-47(51(54)57)49(45-34-32-43(59-45)40-27-29-41(53)30-28-40)55(50(46)56)36-22-20-18-16-14-12-10-8-6-4-2/h23-34H,3-22,35-36,53H2,1-2H3. The lowest BCUT2D eigenvalue weighted by molar-refractivity contribution is -0.124. The molecule has 2 aromatic heterocycles. The molecule has 2 aliphatic heterocycles. The molecule has 4 aromatic rings. The van der Waals surface area contributed by atoms with Gasteiger partial charge in [-0.15, -0.1) is 22.7 Å². The van der Waals surface area contributed by atoms with Crippen molar-refractivity contribution in [2.75, 3.05) is 18.8 Å². The van der Waals surface area contributed by atoms with E-state index in [0.717, 1.165) is 86.2 Å². The molecule has 8 heteroatoms. The Labute approximate surface area is 361 Å². The first-order valence-electron chi connectivity index (χ1n) is 22.6. The number of thiophene rings is 2. The number of nitrogens with zero attached hydrogens (tertiary/aromatic N) is 3. The summed E-state index contributed by atoms with van der Waals surface area (Å²) in [6.07, 6.45) is 24.4. The summed E-state index contributed by atoms with van der Waals surface area (Å²) in [5, 5.41) is 9.38. The third-order valence-corrected chi connectivity index (χ3v) is 14.1. The van der Waals surface area contributed by atoms with Crippen molar-refractivity contribution in [3.05, 3.63) is 99.3 Å². The van der Waals surface area contributed by atoms with Gasteiger partial charge in [0.05, 0.1) is 43.9 Å². The molecule has 0 aliphatic carbocycles. The maximum absolute atomic E-state index is 15.0. The summed E-state index contributed by atoms with van der Waals surface area (Å²) in [4.78, 5) is 37.8. The van der Waals surface area contributed by atoms with E-state index in [-0.39, 0.29) is 11.8 Å². The van der Waals surface area contributed by atoms with Gasteiger partial charge in [-0.05, 0) is 72.5 Å². The largest absolute Gasteiger partial charge is 0.399 e. The van der Waals surface area contributed by atoms with Crippen molar-refractivity contribution in [2.24, 2.45) is 0 Å². The first-order chi connectivity index (χ1) is 28.9. The van der Waals surface area contributed by atoms with Gasteiger partial charge in [-0.25, -0.2) is 0 Å². The average Bonchev–Trinajstić information content (AvgIpc) is 4.05. The average molecular weight is 829 g/mol. The molecule has 312 valence electrons. The van der Waals surface area contributed by atoms with Crippen LogP contribution in [-0.4, -0.2) is 34.7 Å². The van der Waals surface area contributed by atoms with Gasteiger partial charge in [0.15, 0.2) is 0 Å². The Kier molecular flexibility index (Phi) is 17.0. The summed E-state index contributed by atoms with van der Waals surface area (Å²) in [5.41, 5.74) is 12.1. The van der Waals surface area contributed by atoms with E-state index in [0.29, 0.717) is 29.8 Å². The summed E-state index contributed by atoms with van der Waals surface area (Å²) in [5.74, 6) is -0.119. The lowest BCUT2D eigenvalue weighted by atomic mass is 10.1. The smallest absolute Gasteiger partial charge is 0.261 e. The third kappa shape index (κ3) is 11.4. The molecule has 2 amide bonds. The maximum Gasteiger partial charge on any atom is 0.261 e. The number of nitrogen functional groups attached to an aromatic ring is 1. The number of nitriles is 1. The van der Waals surface area contributed by atoms with Crippen LogP contribution in [0, 0.1) is 11.3 Å². The van der Waals surface area contributed by atoms with Crippen LogP contribution in [0.3, 0.4) is 0 Å². The van der Waals surface area contributed by atoms with Gasteiger partial charge in [-0.3, -0.25) is 9.59 Å². The highest BCUT2D eigenvalue weighted by Crippen LogP contribution is 2.50. The molecular formula is C51H64N4O2S2. The molecule has 2 N–H and O–H groups in total. The highest BCUT2D eigenvalue weighted by Gasteiger charge is 2.49. The highest BCUT2D eigenvalue weighted by molar-refractivity contribution is 7.17. The zero-order chi connectivity index (χ0) is 41.4. The molecule has 0 bridgehead atoms. The van der Waals surface area contributed by atoms with Gasteiger partial charge in [-0.1, -0.05) is 154 Å². The number of fused-ring (bicyclic) bond motifs is 1. The molecule has 2 aliphatic rings. The van der Waals surface area contributed by atoms with E-state index in [2.05, 4.69) is 44.2 Å². The number of unbranched alkanes of at least 4 members (excludes halogenated alkanes) is 18. The molecule has 0 spiro atoms. The molecule has 6 nitrogen and oxygen atoms in total. The van der Waals surface area contributed by atoms with Crippen molar-refractivity contribution >= 4 is 51.6 Å². The number of benzene rings is 2. The maximum atomic E-state index is 15.0. The number of nitrogens with two attached hydrogens (primary N) is 1. The molecular weight excluding hydrogens is 765 g/mol. The van der Waals surface area contributed by atoms with Gasteiger partial charge in [0.25, 0.3) is 11.8 Å². The summed E-state index contributed by atoms with van der Waals surface area (Å²) < 4.78 is 0. The van der Waals surface area contributed by atoms with Gasteiger partial charge >= 0.3 is 0 Å². The Morgan fingerprint density at radius 3 is 1.19 bits per heavy atom. The van der Waals surface area contributed by atoms with Crippen molar-refractivity contribution in [1.29, 1.82) is 5.26 Å². The lowest BCUT2D eigenvalue weighted by Gasteiger charge is -2.24. The Morgan fingerprint density at radius 1 is 0.475 bits per heavy atom. The predicted octanol–water partition coefficient (Wildman–Crippen LogP) is 14.2. The van der Waals surface area contributed by atoms with Gasteiger partial charge in [0.2, 0.25) is 0 Å². The zero-order valence-electron chi connectivity index (χ0n) is 35.5. The fraction of sp³-hybridized carbons (Fsp3) is 0.471. The van der Waals surface area contributed by atoms with E-state index >= 15 is 0 Å². The number of rotatable bonds is 26. The van der Waals surface area contributed by atoms with Crippen LogP contribution in [-0.2, 0) is 9.59 Å². The van der Waals surface area contributed by atoms with Crippen LogP contribution in [0.15, 0.2) is 83.9 Å². The van der Waals surface area contributed by atoms with Crippen molar-refractivity contribution < 1.29 is 9.59 Å². The molecule has 0 radical (unpaired) electrons. The summed E-state index contributed by atoms with van der Waals surface area (Å²) in [6.45, 7) is 5.70. The molecule has 0 atom stereocenters. The van der Waals surface area contributed by atoms with Gasteiger partial charge in [0.1, 0.15) is 0 Å². The fourth-order valence-corrected chi connectivity index (χ4v) is 10.6. The van der Waals surface area contributed by atoms with Gasteiger partial charge in [0, 0.05) is 28.5 Å². The Balaban J connectivity index is 1.28. The molecule has 0 fully saturated rings. The van der Waals surface area contributed by atoms with E-state index in [1.165, 1.54) is 89.9 Å². The Hall–Kier alpha value is -4.45. The fourth-order valence-electron chi connectivity index (χ4n) is 8.45. The molecule has 2 aromatic carbocycles. The van der Waals surface area contributed by atoms with Crippen molar-refractivity contribution in [3.63, 3.8) is 0 Å². The zero-order valence-corrected chi connectivity index (χ0v) is 37.2. The Morgan fingerprint density at radius 2 is 0.814 bits per heavy atom. The van der Waals surface area contributed by atoms with Crippen molar-refractivity contribution in [3.8, 4) is 27.0 Å². The highest BCUT2D eigenvalue weighted by atomic mass is 32.1. The predicted molar refractivity (Wildman–Crippen MR) is 250 cm³/mol. The monoisotopic (exact) mass is 828 g/mol. The van der Waals surface area contributed by atoms with Crippen LogP contribution >= 0.6 is 22.7 Å². The first-order valence-corrected chi connectivity index (χ1v) is 24.3. The number of hydrogen-bond donors (Lipinski definition) is 1. The van der Waals surface area contributed by atoms with Crippen molar-refractivity contribution in [2.45, 2.75) is 142 Å². The van der Waals surface area contributed by atoms with Crippen LogP contribution in [0.1, 0.15) is 158 Å². The molecule has 4 heterocycles. The molecule has 0 saturated heterocycles. The van der Waals surface area contributed by atoms with E-state index < -0.39 is 0 Å². The second kappa shape index (κ2) is 22.8. The number of amides is 2. The van der Waals surface area contributed by atoms with E-state index in [1.54, 1.807) is 22.7 Å². The normalized spacial score (nSPS) is 14.0. The van der Waals surface area contributed by atoms with Gasteiger partial charge in [-0.2, -0.15) is 5.26 Å². The minimum Gasteiger partial charge on any atom is -0.399 e.